The molecular weight excluding hydrogens is 198 g/mol. The van der Waals surface area contributed by atoms with Crippen molar-refractivity contribution in [2.75, 3.05) is 11.9 Å². The van der Waals surface area contributed by atoms with Crippen LogP contribution in [0.4, 0.5) is 5.82 Å². The highest BCUT2D eigenvalue weighted by Gasteiger charge is 2.23. The number of rotatable bonds is 3. The number of nitrogens with one attached hydrogen (secondary N) is 1. The second kappa shape index (κ2) is 4.11. The van der Waals surface area contributed by atoms with E-state index >= 15 is 0 Å². The van der Waals surface area contributed by atoms with Crippen LogP contribution in [0, 0.1) is 5.41 Å². The summed E-state index contributed by atoms with van der Waals surface area (Å²) in [6.07, 6.45) is 4.00. The van der Waals surface area contributed by atoms with E-state index < -0.39 is 0 Å². The second-order valence-corrected chi connectivity index (χ2v) is 6.12. The highest BCUT2D eigenvalue weighted by molar-refractivity contribution is 5.38. The van der Waals surface area contributed by atoms with Gasteiger partial charge in [0.1, 0.15) is 5.82 Å². The molecule has 1 heterocycles. The van der Waals surface area contributed by atoms with E-state index in [1.165, 1.54) is 25.0 Å². The topological polar surface area (TPSA) is 29.9 Å². The van der Waals surface area contributed by atoms with Crippen molar-refractivity contribution >= 4 is 5.82 Å². The summed E-state index contributed by atoms with van der Waals surface area (Å²) in [4.78, 5) is 0. The number of hydrogen-bond donors (Lipinski definition) is 1. The van der Waals surface area contributed by atoms with Gasteiger partial charge in [0.15, 0.2) is 0 Å². The first-order valence-electron chi connectivity index (χ1n) is 6.23. The predicted octanol–water partition coefficient (Wildman–Crippen LogP) is 3.15. The normalized spacial score (nSPS) is 17.2. The molecule has 3 nitrogen and oxygen atoms in total. The fraction of sp³-hybridized carbons (Fsp3) is 0.769. The molecule has 3 heteroatoms. The van der Waals surface area contributed by atoms with Gasteiger partial charge in [-0.3, -0.25) is 4.68 Å². The number of anilines is 1. The van der Waals surface area contributed by atoms with Crippen LogP contribution < -0.4 is 5.32 Å². The lowest BCUT2D eigenvalue weighted by Gasteiger charge is -2.22. The van der Waals surface area contributed by atoms with Crippen LogP contribution in [0.3, 0.4) is 0 Å². The molecule has 0 bridgehead atoms. The highest BCUT2D eigenvalue weighted by Crippen LogP contribution is 2.36. The van der Waals surface area contributed by atoms with Gasteiger partial charge in [-0.15, -0.1) is 0 Å². The third-order valence-electron chi connectivity index (χ3n) is 3.22. The Morgan fingerprint density at radius 2 is 2.12 bits per heavy atom. The third-order valence-corrected chi connectivity index (χ3v) is 3.22. The quantitative estimate of drug-likeness (QED) is 0.849. The van der Waals surface area contributed by atoms with Gasteiger partial charge in [-0.1, -0.05) is 27.2 Å². The zero-order chi connectivity index (χ0) is 11.8. The van der Waals surface area contributed by atoms with Crippen molar-refractivity contribution in [2.24, 2.45) is 12.5 Å². The summed E-state index contributed by atoms with van der Waals surface area (Å²) in [7, 11) is 2.02. The summed E-state index contributed by atoms with van der Waals surface area (Å²) in [6.45, 7) is 7.70. The lowest BCUT2D eigenvalue weighted by atomic mass is 9.83. The molecule has 0 amide bonds. The molecule has 1 aliphatic rings. The molecule has 1 aliphatic carbocycles. The van der Waals surface area contributed by atoms with Gasteiger partial charge in [0.05, 0.1) is 5.69 Å². The molecule has 0 radical (unpaired) electrons. The van der Waals surface area contributed by atoms with E-state index in [0.29, 0.717) is 5.41 Å². The molecule has 90 valence electrons. The lowest BCUT2D eigenvalue weighted by molar-refractivity contribution is 0.408. The summed E-state index contributed by atoms with van der Waals surface area (Å²) in [6, 6.07) is 2.22. The second-order valence-electron chi connectivity index (χ2n) is 6.12. The summed E-state index contributed by atoms with van der Waals surface area (Å²) in [5, 5.41) is 8.06. The van der Waals surface area contributed by atoms with Crippen molar-refractivity contribution in [3.8, 4) is 0 Å². The first-order chi connectivity index (χ1) is 7.46. The first kappa shape index (κ1) is 11.5. The Bertz CT molecular complexity index is 356. The SMILES string of the molecule is Cn1nc(C2CCC2)cc1NCC(C)(C)C. The van der Waals surface area contributed by atoms with E-state index in [2.05, 4.69) is 37.3 Å². The molecule has 1 saturated carbocycles. The largest absolute Gasteiger partial charge is 0.370 e. The van der Waals surface area contributed by atoms with Gasteiger partial charge >= 0.3 is 0 Å². The first-order valence-corrected chi connectivity index (χ1v) is 6.23. The molecule has 1 N–H and O–H groups in total. The van der Waals surface area contributed by atoms with Crippen molar-refractivity contribution < 1.29 is 0 Å². The van der Waals surface area contributed by atoms with Crippen LogP contribution in [-0.4, -0.2) is 16.3 Å². The molecule has 0 aromatic carbocycles. The van der Waals surface area contributed by atoms with Crippen molar-refractivity contribution in [2.45, 2.75) is 46.0 Å². The monoisotopic (exact) mass is 221 g/mol. The third kappa shape index (κ3) is 2.57. The summed E-state index contributed by atoms with van der Waals surface area (Å²) in [5.41, 5.74) is 1.58. The Kier molecular flexibility index (Phi) is 2.96. The Balaban J connectivity index is 2.01. The number of nitrogens with zero attached hydrogens (tertiary/aromatic N) is 2. The fourth-order valence-electron chi connectivity index (χ4n) is 1.91. The van der Waals surface area contributed by atoms with Crippen LogP contribution in [0.15, 0.2) is 6.07 Å². The Hall–Kier alpha value is -0.990. The van der Waals surface area contributed by atoms with Crippen molar-refractivity contribution in [3.63, 3.8) is 0 Å². The Morgan fingerprint density at radius 1 is 1.44 bits per heavy atom. The molecule has 1 fully saturated rings. The minimum atomic E-state index is 0.306. The average molecular weight is 221 g/mol. The highest BCUT2D eigenvalue weighted by atomic mass is 15.3. The maximum absolute atomic E-state index is 4.59. The zero-order valence-corrected chi connectivity index (χ0v) is 10.9. The van der Waals surface area contributed by atoms with Crippen LogP contribution in [0.5, 0.6) is 0 Å². The minimum Gasteiger partial charge on any atom is -0.370 e. The number of aryl methyl sites for hydroxylation is 1. The van der Waals surface area contributed by atoms with Gasteiger partial charge in [0, 0.05) is 25.6 Å². The van der Waals surface area contributed by atoms with Gasteiger partial charge in [0.2, 0.25) is 0 Å². The van der Waals surface area contributed by atoms with E-state index in [9.17, 15) is 0 Å². The van der Waals surface area contributed by atoms with Crippen LogP contribution in [-0.2, 0) is 7.05 Å². The van der Waals surface area contributed by atoms with E-state index in [0.717, 1.165) is 18.3 Å². The fourth-order valence-corrected chi connectivity index (χ4v) is 1.91. The maximum atomic E-state index is 4.59. The molecule has 0 unspecified atom stereocenters. The van der Waals surface area contributed by atoms with E-state index in [4.69, 9.17) is 0 Å². The summed E-state index contributed by atoms with van der Waals surface area (Å²) < 4.78 is 1.97. The molecule has 0 saturated heterocycles. The van der Waals surface area contributed by atoms with E-state index in [1.54, 1.807) is 0 Å². The number of hydrogen-bond acceptors (Lipinski definition) is 2. The van der Waals surface area contributed by atoms with Gasteiger partial charge in [-0.25, -0.2) is 0 Å². The molecule has 0 aliphatic heterocycles. The maximum Gasteiger partial charge on any atom is 0.124 e. The van der Waals surface area contributed by atoms with Gasteiger partial charge in [-0.05, 0) is 18.3 Å². The number of aromatic nitrogens is 2. The van der Waals surface area contributed by atoms with Crippen LogP contribution >= 0.6 is 0 Å². The minimum absolute atomic E-state index is 0.306. The van der Waals surface area contributed by atoms with Crippen LogP contribution in [0.1, 0.15) is 51.6 Å². The predicted molar refractivity (Wildman–Crippen MR) is 67.7 cm³/mol. The van der Waals surface area contributed by atoms with Gasteiger partial charge < -0.3 is 5.32 Å². The summed E-state index contributed by atoms with van der Waals surface area (Å²) in [5.74, 6) is 1.87. The molecule has 1 aromatic rings. The van der Waals surface area contributed by atoms with Crippen molar-refractivity contribution in [3.05, 3.63) is 11.8 Å². The van der Waals surface area contributed by atoms with Gasteiger partial charge in [-0.2, -0.15) is 5.10 Å². The van der Waals surface area contributed by atoms with E-state index in [1.807, 2.05) is 11.7 Å². The van der Waals surface area contributed by atoms with Gasteiger partial charge in [0.25, 0.3) is 0 Å². The van der Waals surface area contributed by atoms with Crippen LogP contribution in [0.2, 0.25) is 0 Å². The lowest BCUT2D eigenvalue weighted by Crippen LogP contribution is -2.20. The van der Waals surface area contributed by atoms with Crippen molar-refractivity contribution in [1.82, 2.24) is 9.78 Å². The Labute approximate surface area is 98.2 Å². The molecule has 0 atom stereocenters. The smallest absolute Gasteiger partial charge is 0.124 e. The van der Waals surface area contributed by atoms with Crippen LogP contribution in [0.25, 0.3) is 0 Å². The summed E-state index contributed by atoms with van der Waals surface area (Å²) >= 11 is 0. The molecule has 16 heavy (non-hydrogen) atoms. The zero-order valence-electron chi connectivity index (χ0n) is 10.9. The average Bonchev–Trinajstić information content (AvgIpc) is 2.39. The van der Waals surface area contributed by atoms with Crippen molar-refractivity contribution in [1.29, 1.82) is 0 Å². The molecule has 1 aromatic heterocycles. The van der Waals surface area contributed by atoms with E-state index in [-0.39, 0.29) is 0 Å². The molecular formula is C13H23N3. The standard InChI is InChI=1S/C13H23N3/c1-13(2,3)9-14-12-8-11(15-16(12)4)10-6-5-7-10/h8,10,14H,5-7,9H2,1-4H3. The Morgan fingerprint density at radius 3 is 2.62 bits per heavy atom. The molecule has 2 rings (SSSR count). The molecule has 0 spiro atoms.